The zero-order chi connectivity index (χ0) is 25.5. The standard InChI is InChI=1S/C23H32ClN7O4/c1-4-26-21-18(14(2)25)29-13-31(21)22-20(33)19(32)17(35-22)12-30(3)10-9-27-23(34)28-11-15-5-7-16(24)8-6-15/h4-8,13,17,19-20,22,32-33H,2,9-12,25H2,1,3H3,(H2,27,28,34)/b26-4-/t17-,19-,20-,22+/m1/s1. The van der Waals surface area contributed by atoms with E-state index in [2.05, 4.69) is 27.2 Å². The zero-order valence-electron chi connectivity index (χ0n) is 19.8. The van der Waals surface area contributed by atoms with Crippen molar-refractivity contribution >= 4 is 35.4 Å². The summed E-state index contributed by atoms with van der Waals surface area (Å²) in [6.45, 7) is 7.05. The summed E-state index contributed by atoms with van der Waals surface area (Å²) in [5.74, 6) is 0.388. The van der Waals surface area contributed by atoms with Gasteiger partial charge in [-0.1, -0.05) is 30.3 Å². The lowest BCUT2D eigenvalue weighted by atomic mass is 10.1. The van der Waals surface area contributed by atoms with Gasteiger partial charge in [-0.05, 0) is 31.7 Å². The molecular formula is C23H32ClN7O4. The van der Waals surface area contributed by atoms with Gasteiger partial charge in [-0.15, -0.1) is 0 Å². The topological polar surface area (TPSA) is 150 Å². The summed E-state index contributed by atoms with van der Waals surface area (Å²) >= 11 is 5.86. The van der Waals surface area contributed by atoms with E-state index in [0.717, 1.165) is 5.56 Å². The Labute approximate surface area is 209 Å². The lowest BCUT2D eigenvalue weighted by molar-refractivity contribution is -0.0430. The molecule has 0 spiro atoms. The zero-order valence-corrected chi connectivity index (χ0v) is 20.5. The number of benzene rings is 1. The molecule has 1 aromatic heterocycles. The first-order chi connectivity index (χ1) is 16.7. The second kappa shape index (κ2) is 12.1. The molecule has 1 aliphatic rings. The van der Waals surface area contributed by atoms with Crippen molar-refractivity contribution in [1.82, 2.24) is 25.1 Å². The molecule has 1 aliphatic heterocycles. The number of ether oxygens (including phenoxy) is 1. The smallest absolute Gasteiger partial charge is 0.315 e. The van der Waals surface area contributed by atoms with Gasteiger partial charge < -0.3 is 36.2 Å². The molecule has 0 aliphatic carbocycles. The van der Waals surface area contributed by atoms with Crippen LogP contribution in [0.5, 0.6) is 0 Å². The quantitative estimate of drug-likeness (QED) is 0.305. The Bertz CT molecular complexity index is 1040. The third-order valence-corrected chi connectivity index (χ3v) is 5.82. The summed E-state index contributed by atoms with van der Waals surface area (Å²) in [6, 6.07) is 6.94. The maximum Gasteiger partial charge on any atom is 0.315 e. The predicted octanol–water partition coefficient (Wildman–Crippen LogP) is 1.24. The van der Waals surface area contributed by atoms with E-state index >= 15 is 0 Å². The van der Waals surface area contributed by atoms with Crippen LogP contribution in [-0.2, 0) is 11.3 Å². The molecule has 1 aromatic carbocycles. The summed E-state index contributed by atoms with van der Waals surface area (Å²) in [5, 5.41) is 27.4. The van der Waals surface area contributed by atoms with Crippen LogP contribution in [0, 0.1) is 0 Å². The number of nitrogens with two attached hydrogens (primary N) is 1. The molecule has 12 heteroatoms. The fourth-order valence-electron chi connectivity index (χ4n) is 3.73. The van der Waals surface area contributed by atoms with Crippen LogP contribution >= 0.6 is 11.6 Å². The number of nitrogens with one attached hydrogen (secondary N) is 2. The molecule has 1 saturated heterocycles. The van der Waals surface area contributed by atoms with Gasteiger partial charge in [0.15, 0.2) is 12.0 Å². The SMILES string of the molecule is C=C(N)c1ncn([C@H]2O[C@H](CN(C)CCNC(=O)NCc3ccc(Cl)cc3)[C@@H](O)[C@H]2O)c1/N=C\C. The molecule has 0 unspecified atom stereocenters. The number of likely N-dealkylation sites (N-methyl/N-ethyl adjacent to an activating group) is 1. The second-order valence-corrected chi connectivity index (χ2v) is 8.72. The summed E-state index contributed by atoms with van der Waals surface area (Å²) in [6.07, 6.45) is -0.840. The number of halogens is 1. The molecule has 2 aromatic rings. The van der Waals surface area contributed by atoms with Gasteiger partial charge in [0.05, 0.1) is 12.0 Å². The van der Waals surface area contributed by atoms with Gasteiger partial charge in [-0.3, -0.25) is 4.57 Å². The Morgan fingerprint density at radius 3 is 2.71 bits per heavy atom. The number of carbonyl (C=O) groups excluding carboxylic acids is 1. The van der Waals surface area contributed by atoms with Gasteiger partial charge in [0.1, 0.15) is 24.0 Å². The molecule has 2 amide bonds. The van der Waals surface area contributed by atoms with Crippen LogP contribution in [0.25, 0.3) is 5.70 Å². The summed E-state index contributed by atoms with van der Waals surface area (Å²) < 4.78 is 7.51. The first-order valence-electron chi connectivity index (χ1n) is 11.2. The third-order valence-electron chi connectivity index (χ3n) is 5.57. The van der Waals surface area contributed by atoms with Crippen molar-refractivity contribution in [3.05, 3.63) is 53.5 Å². The Morgan fingerprint density at radius 1 is 1.34 bits per heavy atom. The van der Waals surface area contributed by atoms with Gasteiger partial charge in [0.2, 0.25) is 0 Å². The van der Waals surface area contributed by atoms with Gasteiger partial charge >= 0.3 is 6.03 Å². The normalized spacial score (nSPS) is 22.1. The van der Waals surface area contributed by atoms with E-state index in [-0.39, 0.29) is 11.7 Å². The minimum absolute atomic E-state index is 0.235. The van der Waals surface area contributed by atoms with Crippen LogP contribution in [0.2, 0.25) is 5.02 Å². The lowest BCUT2D eigenvalue weighted by Gasteiger charge is -2.23. The number of hydrogen-bond acceptors (Lipinski definition) is 8. The average Bonchev–Trinajstić information content (AvgIpc) is 3.35. The Balaban J connectivity index is 1.48. The fourth-order valence-corrected chi connectivity index (χ4v) is 3.86. The summed E-state index contributed by atoms with van der Waals surface area (Å²) in [7, 11) is 1.84. The number of aromatic nitrogens is 2. The molecule has 1 fully saturated rings. The number of aliphatic hydroxyl groups excluding tert-OH is 2. The monoisotopic (exact) mass is 505 g/mol. The molecule has 190 valence electrons. The Kier molecular flexibility index (Phi) is 9.24. The van der Waals surface area contributed by atoms with Crippen molar-refractivity contribution in [2.24, 2.45) is 10.7 Å². The number of aliphatic imine (C=N–C) groups is 1. The van der Waals surface area contributed by atoms with Crippen LogP contribution in [0.1, 0.15) is 24.4 Å². The predicted molar refractivity (Wildman–Crippen MR) is 134 cm³/mol. The summed E-state index contributed by atoms with van der Waals surface area (Å²) in [4.78, 5) is 22.4. The minimum Gasteiger partial charge on any atom is -0.397 e. The molecule has 4 atom stereocenters. The van der Waals surface area contributed by atoms with Crippen LogP contribution < -0.4 is 16.4 Å². The number of urea groups is 1. The van der Waals surface area contributed by atoms with Gasteiger partial charge in [-0.25, -0.2) is 14.8 Å². The van der Waals surface area contributed by atoms with E-state index in [1.807, 2.05) is 24.1 Å². The molecule has 0 radical (unpaired) electrons. The number of aliphatic hydroxyl groups is 2. The van der Waals surface area contributed by atoms with Crippen molar-refractivity contribution in [2.75, 3.05) is 26.7 Å². The van der Waals surface area contributed by atoms with Crippen molar-refractivity contribution in [3.63, 3.8) is 0 Å². The van der Waals surface area contributed by atoms with Crippen molar-refractivity contribution in [3.8, 4) is 0 Å². The van der Waals surface area contributed by atoms with Gasteiger partial charge in [-0.2, -0.15) is 0 Å². The molecule has 0 bridgehead atoms. The maximum absolute atomic E-state index is 12.0. The minimum atomic E-state index is -1.19. The average molecular weight is 506 g/mol. The first-order valence-corrected chi connectivity index (χ1v) is 11.6. The highest BCUT2D eigenvalue weighted by molar-refractivity contribution is 6.30. The van der Waals surface area contributed by atoms with E-state index in [9.17, 15) is 15.0 Å². The number of hydrogen-bond donors (Lipinski definition) is 5. The Morgan fingerprint density at radius 2 is 2.06 bits per heavy atom. The number of carbonyl (C=O) groups is 1. The van der Waals surface area contributed by atoms with Crippen LogP contribution in [0.15, 0.2) is 42.2 Å². The number of rotatable bonds is 10. The highest BCUT2D eigenvalue weighted by Crippen LogP contribution is 2.35. The highest BCUT2D eigenvalue weighted by Gasteiger charge is 2.44. The second-order valence-electron chi connectivity index (χ2n) is 8.28. The van der Waals surface area contributed by atoms with Crippen LogP contribution in [0.3, 0.4) is 0 Å². The molecule has 2 heterocycles. The van der Waals surface area contributed by atoms with E-state index in [0.29, 0.717) is 42.7 Å². The van der Waals surface area contributed by atoms with Crippen LogP contribution in [-0.4, -0.2) is 81.9 Å². The maximum atomic E-state index is 12.0. The fraction of sp³-hybridized carbons (Fsp3) is 0.435. The lowest BCUT2D eigenvalue weighted by Crippen LogP contribution is -2.43. The molecule has 3 rings (SSSR count). The van der Waals surface area contributed by atoms with E-state index in [1.54, 1.807) is 25.3 Å². The third kappa shape index (κ3) is 6.80. The largest absolute Gasteiger partial charge is 0.397 e. The summed E-state index contributed by atoms with van der Waals surface area (Å²) in [5.41, 5.74) is 7.35. The molecule has 0 saturated carbocycles. The first kappa shape index (κ1) is 26.6. The van der Waals surface area contributed by atoms with E-state index in [4.69, 9.17) is 22.1 Å². The van der Waals surface area contributed by atoms with E-state index < -0.39 is 24.5 Å². The van der Waals surface area contributed by atoms with E-state index in [1.165, 1.54) is 10.9 Å². The number of amides is 2. The van der Waals surface area contributed by atoms with Gasteiger partial charge in [0, 0.05) is 37.4 Å². The van der Waals surface area contributed by atoms with Crippen molar-refractivity contribution in [2.45, 2.75) is 38.0 Å². The molecule has 11 nitrogen and oxygen atoms in total. The molecule has 35 heavy (non-hydrogen) atoms. The molecular weight excluding hydrogens is 474 g/mol. The highest BCUT2D eigenvalue weighted by atomic mass is 35.5. The van der Waals surface area contributed by atoms with Gasteiger partial charge in [0.25, 0.3) is 0 Å². The van der Waals surface area contributed by atoms with Crippen molar-refractivity contribution < 1.29 is 19.7 Å². The molecule has 6 N–H and O–H groups in total. The number of nitrogens with zero attached hydrogens (tertiary/aromatic N) is 4. The Hall–Kier alpha value is -2.96. The number of imidazole rings is 1. The van der Waals surface area contributed by atoms with Crippen LogP contribution in [0.4, 0.5) is 10.6 Å². The van der Waals surface area contributed by atoms with Crippen molar-refractivity contribution in [1.29, 1.82) is 0 Å².